The van der Waals surface area contributed by atoms with Crippen LogP contribution in [0.4, 0.5) is 11.4 Å². The van der Waals surface area contributed by atoms with Crippen molar-refractivity contribution in [3.8, 4) is 11.5 Å². The molecule has 0 aliphatic rings. The number of aryl methyl sites for hydroxylation is 1. The summed E-state index contributed by atoms with van der Waals surface area (Å²) in [7, 11) is 0. The first kappa shape index (κ1) is 19.9. The van der Waals surface area contributed by atoms with E-state index in [1.165, 1.54) is 18.2 Å². The number of fused-ring (bicyclic) bond motifs is 1. The van der Waals surface area contributed by atoms with Gasteiger partial charge < -0.3 is 9.73 Å². The fraction of sp³-hybridized carbons (Fsp3) is 0.0476. The maximum Gasteiger partial charge on any atom is 0.272 e. The Kier molecular flexibility index (Phi) is 5.15. The Morgan fingerprint density at radius 3 is 2.57 bits per heavy atom. The molecule has 9 heteroatoms. The Labute approximate surface area is 180 Å². The summed E-state index contributed by atoms with van der Waals surface area (Å²) in [6.45, 7) is 1.58. The molecule has 7 nitrogen and oxygen atoms in total. The van der Waals surface area contributed by atoms with E-state index in [1.54, 1.807) is 43.3 Å². The minimum Gasteiger partial charge on any atom is -0.436 e. The summed E-state index contributed by atoms with van der Waals surface area (Å²) >= 11 is 12.0. The van der Waals surface area contributed by atoms with Crippen molar-refractivity contribution in [2.75, 3.05) is 5.32 Å². The predicted molar refractivity (Wildman–Crippen MR) is 115 cm³/mol. The second kappa shape index (κ2) is 7.78. The number of halogens is 2. The number of nitrogens with zero attached hydrogens (tertiary/aromatic N) is 2. The zero-order valence-electron chi connectivity index (χ0n) is 15.5. The molecule has 0 bridgehead atoms. The van der Waals surface area contributed by atoms with Crippen LogP contribution in [0.1, 0.15) is 15.9 Å². The number of aromatic nitrogens is 1. The molecule has 1 N–H and O–H groups in total. The van der Waals surface area contributed by atoms with Crippen molar-refractivity contribution in [3.63, 3.8) is 0 Å². The molecule has 0 saturated carbocycles. The van der Waals surface area contributed by atoms with E-state index >= 15 is 0 Å². The van der Waals surface area contributed by atoms with Gasteiger partial charge in [-0.2, -0.15) is 0 Å². The molecule has 3 aromatic carbocycles. The number of oxazole rings is 1. The molecule has 0 radical (unpaired) electrons. The van der Waals surface area contributed by atoms with Crippen LogP contribution >= 0.6 is 23.2 Å². The second-order valence-corrected chi connectivity index (χ2v) is 7.36. The van der Waals surface area contributed by atoms with Crippen LogP contribution in [0, 0.1) is 17.0 Å². The number of anilines is 1. The average molecular weight is 442 g/mol. The number of benzene rings is 3. The lowest BCUT2D eigenvalue weighted by Crippen LogP contribution is -2.12. The van der Waals surface area contributed by atoms with Gasteiger partial charge in [0, 0.05) is 28.4 Å². The van der Waals surface area contributed by atoms with E-state index in [4.69, 9.17) is 27.6 Å². The van der Waals surface area contributed by atoms with Gasteiger partial charge in [-0.1, -0.05) is 23.2 Å². The highest BCUT2D eigenvalue weighted by Crippen LogP contribution is 2.31. The molecular formula is C21H13Cl2N3O4. The number of amides is 1. The molecule has 0 saturated heterocycles. The molecule has 4 rings (SSSR count). The number of hydrogen-bond acceptors (Lipinski definition) is 5. The summed E-state index contributed by atoms with van der Waals surface area (Å²) in [4.78, 5) is 27.4. The molecule has 0 aliphatic heterocycles. The molecular weight excluding hydrogens is 429 g/mol. The highest BCUT2D eigenvalue weighted by Gasteiger charge is 2.15. The Bertz CT molecular complexity index is 1320. The first-order valence-corrected chi connectivity index (χ1v) is 9.50. The monoisotopic (exact) mass is 441 g/mol. The molecule has 1 heterocycles. The lowest BCUT2D eigenvalue weighted by atomic mass is 10.1. The molecule has 0 aliphatic carbocycles. The van der Waals surface area contributed by atoms with Gasteiger partial charge in [-0.15, -0.1) is 0 Å². The summed E-state index contributed by atoms with van der Waals surface area (Å²) in [5, 5.41) is 14.5. The fourth-order valence-corrected chi connectivity index (χ4v) is 3.26. The van der Waals surface area contributed by atoms with Gasteiger partial charge in [0.15, 0.2) is 5.58 Å². The van der Waals surface area contributed by atoms with Crippen LogP contribution in [0.25, 0.3) is 22.6 Å². The van der Waals surface area contributed by atoms with Crippen LogP contribution in [0.3, 0.4) is 0 Å². The van der Waals surface area contributed by atoms with Gasteiger partial charge in [0.05, 0.1) is 15.0 Å². The minimum absolute atomic E-state index is 0.0367. The standard InChI is InChI=1S/C21H13Cl2N3O4/c1-11-8-12(3-6-18(11)26(28)29)20(27)24-14-4-7-19-17(10-14)25-21(30-19)13-2-5-15(22)16(23)9-13/h2-10H,1H3,(H,24,27). The molecule has 1 amide bonds. The molecule has 0 spiro atoms. The Balaban J connectivity index is 1.59. The van der Waals surface area contributed by atoms with Crippen LogP contribution in [0.5, 0.6) is 0 Å². The number of nitrogens with one attached hydrogen (secondary N) is 1. The van der Waals surface area contributed by atoms with Crippen molar-refractivity contribution < 1.29 is 14.1 Å². The van der Waals surface area contributed by atoms with Crippen molar-refractivity contribution in [2.24, 2.45) is 0 Å². The Morgan fingerprint density at radius 2 is 1.87 bits per heavy atom. The van der Waals surface area contributed by atoms with E-state index in [0.717, 1.165) is 0 Å². The number of nitro groups is 1. The van der Waals surface area contributed by atoms with E-state index in [0.29, 0.717) is 49.4 Å². The third kappa shape index (κ3) is 3.85. The van der Waals surface area contributed by atoms with Crippen LogP contribution in [-0.4, -0.2) is 15.8 Å². The first-order chi connectivity index (χ1) is 14.3. The molecule has 30 heavy (non-hydrogen) atoms. The van der Waals surface area contributed by atoms with Crippen LogP contribution in [0.2, 0.25) is 10.0 Å². The number of carbonyl (C=O) groups excluding carboxylic acids is 1. The zero-order valence-corrected chi connectivity index (χ0v) is 17.0. The second-order valence-electron chi connectivity index (χ2n) is 6.54. The SMILES string of the molecule is Cc1cc(C(=O)Nc2ccc3oc(-c4ccc(Cl)c(Cl)c4)nc3c2)ccc1[N+](=O)[O-]. The number of nitro benzene ring substituents is 1. The quantitative estimate of drug-likeness (QED) is 0.297. The van der Waals surface area contributed by atoms with E-state index in [-0.39, 0.29) is 11.6 Å². The van der Waals surface area contributed by atoms with Gasteiger partial charge in [-0.05, 0) is 55.5 Å². The maximum absolute atomic E-state index is 12.5. The fourth-order valence-electron chi connectivity index (χ4n) is 2.96. The van der Waals surface area contributed by atoms with Gasteiger partial charge in [0.1, 0.15) is 5.52 Å². The van der Waals surface area contributed by atoms with Gasteiger partial charge in [-0.25, -0.2) is 4.98 Å². The third-order valence-corrected chi connectivity index (χ3v) is 5.21. The van der Waals surface area contributed by atoms with Crippen LogP contribution in [-0.2, 0) is 0 Å². The van der Waals surface area contributed by atoms with E-state index in [2.05, 4.69) is 10.3 Å². The molecule has 4 aromatic rings. The third-order valence-electron chi connectivity index (χ3n) is 4.47. The van der Waals surface area contributed by atoms with Crippen molar-refractivity contribution in [1.29, 1.82) is 0 Å². The van der Waals surface area contributed by atoms with E-state index in [1.807, 2.05) is 0 Å². The van der Waals surface area contributed by atoms with Gasteiger partial charge >= 0.3 is 0 Å². The molecule has 0 fully saturated rings. The number of carbonyl (C=O) groups is 1. The smallest absolute Gasteiger partial charge is 0.272 e. The maximum atomic E-state index is 12.5. The first-order valence-electron chi connectivity index (χ1n) is 8.74. The molecule has 0 unspecified atom stereocenters. The lowest BCUT2D eigenvalue weighted by Gasteiger charge is -2.06. The van der Waals surface area contributed by atoms with Crippen molar-refractivity contribution >= 4 is 51.6 Å². The summed E-state index contributed by atoms with van der Waals surface area (Å²) in [5.41, 5.74) is 2.96. The summed E-state index contributed by atoms with van der Waals surface area (Å²) in [6, 6.07) is 14.3. The average Bonchev–Trinajstić information content (AvgIpc) is 3.13. The Hall–Kier alpha value is -3.42. The highest BCUT2D eigenvalue weighted by atomic mass is 35.5. The van der Waals surface area contributed by atoms with Gasteiger partial charge in [0.25, 0.3) is 11.6 Å². The van der Waals surface area contributed by atoms with Crippen molar-refractivity contribution in [1.82, 2.24) is 4.98 Å². The largest absolute Gasteiger partial charge is 0.436 e. The van der Waals surface area contributed by atoms with Gasteiger partial charge in [-0.3, -0.25) is 14.9 Å². The summed E-state index contributed by atoms with van der Waals surface area (Å²) in [5.74, 6) is -0.0152. The highest BCUT2D eigenvalue weighted by molar-refractivity contribution is 6.42. The molecule has 0 atom stereocenters. The Morgan fingerprint density at radius 1 is 1.07 bits per heavy atom. The van der Waals surface area contributed by atoms with Gasteiger partial charge in [0.2, 0.25) is 5.89 Å². The van der Waals surface area contributed by atoms with E-state index in [9.17, 15) is 14.9 Å². The van der Waals surface area contributed by atoms with Crippen molar-refractivity contribution in [3.05, 3.63) is 85.9 Å². The molecule has 150 valence electrons. The topological polar surface area (TPSA) is 98.3 Å². The normalized spacial score (nSPS) is 10.9. The number of hydrogen-bond donors (Lipinski definition) is 1. The number of rotatable bonds is 4. The van der Waals surface area contributed by atoms with Crippen LogP contribution in [0.15, 0.2) is 59.0 Å². The van der Waals surface area contributed by atoms with Crippen molar-refractivity contribution in [2.45, 2.75) is 6.92 Å². The lowest BCUT2D eigenvalue weighted by molar-refractivity contribution is -0.385. The molecule has 1 aromatic heterocycles. The zero-order chi connectivity index (χ0) is 21.4. The van der Waals surface area contributed by atoms with E-state index < -0.39 is 4.92 Å². The predicted octanol–water partition coefficient (Wildman–Crippen LogP) is 6.27. The van der Waals surface area contributed by atoms with Crippen LogP contribution < -0.4 is 5.32 Å². The summed E-state index contributed by atoms with van der Waals surface area (Å²) in [6.07, 6.45) is 0. The minimum atomic E-state index is -0.485. The summed E-state index contributed by atoms with van der Waals surface area (Å²) < 4.78 is 5.76.